The molecule has 0 fully saturated rings. The van der Waals surface area contributed by atoms with Gasteiger partial charge < -0.3 is 20.9 Å². The summed E-state index contributed by atoms with van der Waals surface area (Å²) in [7, 11) is 0. The summed E-state index contributed by atoms with van der Waals surface area (Å²) in [6.07, 6.45) is 0.732. The molecule has 0 aliphatic rings. The number of nitrogens with two attached hydrogens (primary N) is 2. The summed E-state index contributed by atoms with van der Waals surface area (Å²) in [5.74, 6) is 0.796. The minimum Gasteiger partial charge on any atom is -0.488 e. The highest BCUT2D eigenvalue weighted by Crippen LogP contribution is 2.38. The van der Waals surface area contributed by atoms with Crippen LogP contribution in [0, 0.1) is 11.3 Å². The zero-order valence-corrected chi connectivity index (χ0v) is 24.7. The summed E-state index contributed by atoms with van der Waals surface area (Å²) in [4.78, 5) is 9.22. The summed E-state index contributed by atoms with van der Waals surface area (Å²) in [6.45, 7) is 3.94. The number of hydrogen-bond donors (Lipinski definition) is 2. The van der Waals surface area contributed by atoms with E-state index >= 15 is 0 Å². The van der Waals surface area contributed by atoms with E-state index in [4.69, 9.17) is 26.8 Å². The summed E-state index contributed by atoms with van der Waals surface area (Å²) in [5, 5.41) is 9.65. The molecule has 8 heteroatoms. The Bertz CT molecular complexity index is 1480. The molecule has 4 N–H and O–H groups in total. The van der Waals surface area contributed by atoms with E-state index in [1.807, 2.05) is 61.5 Å². The summed E-state index contributed by atoms with van der Waals surface area (Å²) in [5.41, 5.74) is 16.3. The van der Waals surface area contributed by atoms with Gasteiger partial charge >= 0.3 is 0 Å². The van der Waals surface area contributed by atoms with Crippen LogP contribution >= 0.6 is 27.5 Å². The summed E-state index contributed by atoms with van der Waals surface area (Å²) < 4.78 is 13.3. The van der Waals surface area contributed by atoms with E-state index in [0.29, 0.717) is 35.3 Å². The lowest BCUT2D eigenvalue weighted by Crippen LogP contribution is -2.11. The van der Waals surface area contributed by atoms with Crippen molar-refractivity contribution in [2.24, 2.45) is 11.5 Å². The van der Waals surface area contributed by atoms with Crippen molar-refractivity contribution in [3.05, 3.63) is 117 Å². The molecule has 0 spiro atoms. The Hall–Kier alpha value is -3.83. The quantitative estimate of drug-likeness (QED) is 0.199. The number of amides is 1. The van der Waals surface area contributed by atoms with Crippen LogP contribution in [0.5, 0.6) is 11.5 Å². The second-order valence-electron chi connectivity index (χ2n) is 8.98. The number of hydrogen-bond acceptors (Lipinski definition) is 5. The molecule has 0 saturated heterocycles. The van der Waals surface area contributed by atoms with Crippen LogP contribution in [-0.2, 0) is 18.0 Å². The third-order valence-electron chi connectivity index (χ3n) is 5.90. The van der Waals surface area contributed by atoms with Crippen molar-refractivity contribution >= 4 is 33.4 Å². The molecule has 1 amide bonds. The standard InChI is InChI=1S/C30H26BrClN2O2.C2H5NO/c1-2-27(34)25-15-26(32)29(16-28(25)35-18-21-9-6-8-20(14-21)17-33)36-19-23-12-7-13-24(30(23)31)22-10-4-3-5-11-22;1-2(3)4/h3-16,27H,2,18-19,34H2,1H3;1H3,(H2,3,4). The van der Waals surface area contributed by atoms with Gasteiger partial charge in [-0.05, 0) is 57.2 Å². The highest BCUT2D eigenvalue weighted by Gasteiger charge is 2.17. The minimum absolute atomic E-state index is 0.228. The van der Waals surface area contributed by atoms with Crippen molar-refractivity contribution in [2.45, 2.75) is 39.5 Å². The van der Waals surface area contributed by atoms with Gasteiger partial charge in [-0.3, -0.25) is 4.79 Å². The van der Waals surface area contributed by atoms with E-state index in [1.54, 1.807) is 12.1 Å². The molecule has 0 heterocycles. The van der Waals surface area contributed by atoms with E-state index in [1.165, 1.54) is 6.92 Å². The fraction of sp³-hybridized carbons (Fsp3) is 0.188. The van der Waals surface area contributed by atoms with Crippen LogP contribution in [0.3, 0.4) is 0 Å². The first-order valence-corrected chi connectivity index (χ1v) is 13.8. The Morgan fingerprint density at radius 1 is 0.975 bits per heavy atom. The van der Waals surface area contributed by atoms with Crippen molar-refractivity contribution < 1.29 is 14.3 Å². The molecule has 0 bridgehead atoms. The van der Waals surface area contributed by atoms with Gasteiger partial charge in [0.2, 0.25) is 5.91 Å². The minimum atomic E-state index is -0.333. The van der Waals surface area contributed by atoms with Gasteiger partial charge in [-0.25, -0.2) is 0 Å². The first kappa shape index (κ1) is 30.7. The Kier molecular flexibility index (Phi) is 11.6. The number of nitriles is 1. The van der Waals surface area contributed by atoms with Gasteiger partial charge in [0, 0.05) is 34.6 Å². The zero-order valence-electron chi connectivity index (χ0n) is 22.4. The van der Waals surface area contributed by atoms with Crippen molar-refractivity contribution in [3.8, 4) is 28.7 Å². The van der Waals surface area contributed by atoms with Gasteiger partial charge in [-0.1, -0.05) is 79.2 Å². The number of rotatable bonds is 9. The lowest BCUT2D eigenvalue weighted by molar-refractivity contribution is -0.115. The fourth-order valence-electron chi connectivity index (χ4n) is 3.87. The molecule has 1 unspecified atom stereocenters. The maximum absolute atomic E-state index is 9.22. The monoisotopic (exact) mass is 619 g/mol. The van der Waals surface area contributed by atoms with Crippen LogP contribution in [-0.4, -0.2) is 5.91 Å². The maximum atomic E-state index is 9.22. The van der Waals surface area contributed by atoms with Crippen LogP contribution in [0.25, 0.3) is 11.1 Å². The van der Waals surface area contributed by atoms with Crippen molar-refractivity contribution in [1.82, 2.24) is 0 Å². The molecule has 0 saturated carbocycles. The molecule has 40 heavy (non-hydrogen) atoms. The summed E-state index contributed by atoms with van der Waals surface area (Å²) >= 11 is 10.4. The molecule has 4 aromatic carbocycles. The van der Waals surface area contributed by atoms with Crippen molar-refractivity contribution in [3.63, 3.8) is 0 Å². The van der Waals surface area contributed by atoms with Crippen LogP contribution in [0.1, 0.15) is 48.6 Å². The van der Waals surface area contributed by atoms with Gasteiger partial charge in [-0.2, -0.15) is 5.26 Å². The zero-order chi connectivity index (χ0) is 29.1. The molecule has 4 rings (SSSR count). The molecule has 206 valence electrons. The number of benzene rings is 4. The van der Waals surface area contributed by atoms with E-state index in [9.17, 15) is 10.1 Å². The van der Waals surface area contributed by atoms with Crippen LogP contribution in [0.4, 0.5) is 0 Å². The molecule has 0 aliphatic heterocycles. The van der Waals surface area contributed by atoms with Gasteiger partial charge in [0.1, 0.15) is 24.7 Å². The predicted octanol–water partition coefficient (Wildman–Crippen LogP) is 7.70. The van der Waals surface area contributed by atoms with Gasteiger partial charge in [-0.15, -0.1) is 0 Å². The van der Waals surface area contributed by atoms with E-state index in [-0.39, 0.29) is 11.9 Å². The third-order valence-corrected chi connectivity index (χ3v) is 7.13. The highest BCUT2D eigenvalue weighted by molar-refractivity contribution is 9.10. The maximum Gasteiger partial charge on any atom is 0.214 e. The third kappa shape index (κ3) is 8.59. The second-order valence-corrected chi connectivity index (χ2v) is 10.2. The number of nitrogens with zero attached hydrogens (tertiary/aromatic N) is 1. The van der Waals surface area contributed by atoms with E-state index < -0.39 is 0 Å². The number of carbonyl (C=O) groups excluding carboxylic acids is 1. The molecular formula is C32H31BrClN3O3. The van der Waals surface area contributed by atoms with Crippen LogP contribution in [0.2, 0.25) is 5.02 Å². The molecule has 6 nitrogen and oxygen atoms in total. The Morgan fingerprint density at radius 3 is 2.33 bits per heavy atom. The number of primary amides is 1. The number of halogens is 2. The normalized spacial score (nSPS) is 11.0. The first-order valence-electron chi connectivity index (χ1n) is 12.7. The number of carbonyl (C=O) groups is 1. The predicted molar refractivity (Wildman–Crippen MR) is 163 cm³/mol. The molecule has 1 atom stereocenters. The van der Waals surface area contributed by atoms with Gasteiger partial charge in [0.05, 0.1) is 16.7 Å². The first-order chi connectivity index (χ1) is 19.2. The lowest BCUT2D eigenvalue weighted by atomic mass is 10.0. The van der Waals surface area contributed by atoms with Crippen molar-refractivity contribution in [2.75, 3.05) is 0 Å². The fourth-order valence-corrected chi connectivity index (χ4v) is 4.71. The Morgan fingerprint density at radius 2 is 1.65 bits per heavy atom. The largest absolute Gasteiger partial charge is 0.488 e. The summed E-state index contributed by atoms with van der Waals surface area (Å²) in [6, 6.07) is 29.2. The molecular weight excluding hydrogens is 590 g/mol. The second kappa shape index (κ2) is 15.1. The van der Waals surface area contributed by atoms with Gasteiger partial charge in [0.15, 0.2) is 0 Å². The van der Waals surface area contributed by atoms with Crippen LogP contribution < -0.4 is 20.9 Å². The van der Waals surface area contributed by atoms with E-state index in [0.717, 1.165) is 38.7 Å². The van der Waals surface area contributed by atoms with Gasteiger partial charge in [0.25, 0.3) is 0 Å². The average Bonchev–Trinajstić information content (AvgIpc) is 2.96. The lowest BCUT2D eigenvalue weighted by Gasteiger charge is -2.19. The topological polar surface area (TPSA) is 111 Å². The molecule has 0 radical (unpaired) electrons. The van der Waals surface area contributed by atoms with Crippen LogP contribution in [0.15, 0.2) is 89.4 Å². The smallest absolute Gasteiger partial charge is 0.214 e. The Labute approximate surface area is 248 Å². The number of ether oxygens (including phenoxy) is 2. The highest BCUT2D eigenvalue weighted by atomic mass is 79.9. The average molecular weight is 621 g/mol. The molecule has 4 aromatic rings. The van der Waals surface area contributed by atoms with E-state index in [2.05, 4.69) is 45.9 Å². The SMILES string of the molecule is CC(N)=O.CCC(N)c1cc(Cl)c(OCc2cccc(-c3ccccc3)c2Br)cc1OCc1cccc(C#N)c1. The Balaban J connectivity index is 0.00000103. The molecule has 0 aromatic heterocycles. The van der Waals surface area contributed by atoms with Crippen molar-refractivity contribution in [1.29, 1.82) is 5.26 Å². The molecule has 0 aliphatic carbocycles.